The van der Waals surface area contributed by atoms with Crippen LogP contribution in [0.25, 0.3) is 0 Å². The molecule has 0 aliphatic carbocycles. The van der Waals surface area contributed by atoms with Crippen LogP contribution in [0.1, 0.15) is 12.8 Å². The Morgan fingerprint density at radius 1 is 1.35 bits per heavy atom. The first-order valence-corrected chi connectivity index (χ1v) is 8.18. The molecular weight excluding hydrogens is 288 g/mol. The Hall–Kier alpha value is -1.19. The van der Waals surface area contributed by atoms with Gasteiger partial charge in [-0.1, -0.05) is 0 Å². The molecule has 116 valence electrons. The van der Waals surface area contributed by atoms with E-state index in [1.807, 2.05) is 0 Å². The number of sulfonamides is 1. The number of hydrogen-bond donors (Lipinski definition) is 2. The maximum atomic E-state index is 11.8. The highest BCUT2D eigenvalue weighted by atomic mass is 32.2. The molecule has 0 aromatic heterocycles. The van der Waals surface area contributed by atoms with Crippen LogP contribution in [-0.2, 0) is 24.3 Å². The van der Waals surface area contributed by atoms with Crippen LogP contribution in [-0.4, -0.2) is 68.8 Å². The largest absolute Gasteiger partial charge is 0.480 e. The van der Waals surface area contributed by atoms with Crippen molar-refractivity contribution in [3.63, 3.8) is 0 Å². The molecule has 1 aliphatic heterocycles. The molecule has 0 aromatic carbocycles. The van der Waals surface area contributed by atoms with Crippen molar-refractivity contribution >= 4 is 21.9 Å². The van der Waals surface area contributed by atoms with Gasteiger partial charge in [-0.2, -0.15) is 0 Å². The quantitative estimate of drug-likeness (QED) is 0.576. The number of carboxylic acids is 1. The number of amides is 1. The van der Waals surface area contributed by atoms with Crippen molar-refractivity contribution in [2.75, 3.05) is 39.1 Å². The fourth-order valence-electron chi connectivity index (χ4n) is 2.00. The van der Waals surface area contributed by atoms with Gasteiger partial charge in [0.2, 0.25) is 15.9 Å². The van der Waals surface area contributed by atoms with Crippen molar-refractivity contribution < 1.29 is 27.9 Å². The highest BCUT2D eigenvalue weighted by Crippen LogP contribution is 2.18. The van der Waals surface area contributed by atoms with Gasteiger partial charge in [-0.05, 0) is 12.8 Å². The van der Waals surface area contributed by atoms with Gasteiger partial charge in [0.25, 0.3) is 0 Å². The molecule has 0 radical (unpaired) electrons. The van der Waals surface area contributed by atoms with Crippen molar-refractivity contribution in [2.24, 2.45) is 5.92 Å². The molecule has 20 heavy (non-hydrogen) atoms. The van der Waals surface area contributed by atoms with Crippen molar-refractivity contribution in [3.05, 3.63) is 0 Å². The Morgan fingerprint density at radius 3 is 2.45 bits per heavy atom. The molecule has 0 saturated carbocycles. The molecule has 1 amide bonds. The van der Waals surface area contributed by atoms with Crippen LogP contribution in [0.4, 0.5) is 0 Å². The summed E-state index contributed by atoms with van der Waals surface area (Å²) in [7, 11) is -3.18. The normalized spacial score (nSPS) is 17.9. The first-order valence-electron chi connectivity index (χ1n) is 6.33. The number of piperidine rings is 1. The minimum Gasteiger partial charge on any atom is -0.480 e. The van der Waals surface area contributed by atoms with Gasteiger partial charge >= 0.3 is 5.97 Å². The summed E-state index contributed by atoms with van der Waals surface area (Å²) < 4.78 is 28.8. The van der Waals surface area contributed by atoms with Gasteiger partial charge in [0, 0.05) is 25.6 Å². The lowest BCUT2D eigenvalue weighted by molar-refractivity contribution is -0.142. The molecule has 0 atom stereocenters. The number of nitrogens with one attached hydrogen (secondary N) is 1. The van der Waals surface area contributed by atoms with Crippen molar-refractivity contribution in [1.29, 1.82) is 0 Å². The van der Waals surface area contributed by atoms with Crippen molar-refractivity contribution in [1.82, 2.24) is 9.62 Å². The summed E-state index contributed by atoms with van der Waals surface area (Å²) in [6.45, 7) is 0.708. The van der Waals surface area contributed by atoms with Crippen LogP contribution in [0.15, 0.2) is 0 Å². The molecule has 1 saturated heterocycles. The van der Waals surface area contributed by atoms with E-state index in [1.54, 1.807) is 0 Å². The number of ether oxygens (including phenoxy) is 1. The standard InChI is InChI=1S/C11H20N2O6S/c1-20(17,18)13-5-2-9(3-6-13)11(16)12-4-7-19-8-10(14)15/h9H,2-8H2,1H3,(H,12,16)(H,14,15). The van der Waals surface area contributed by atoms with Gasteiger partial charge < -0.3 is 15.2 Å². The maximum Gasteiger partial charge on any atom is 0.329 e. The van der Waals surface area contributed by atoms with Gasteiger partial charge in [0.05, 0.1) is 12.9 Å². The zero-order chi connectivity index (χ0) is 15.2. The van der Waals surface area contributed by atoms with Gasteiger partial charge in [-0.3, -0.25) is 4.79 Å². The second kappa shape index (κ2) is 7.55. The van der Waals surface area contributed by atoms with Crippen LogP contribution in [0.5, 0.6) is 0 Å². The Labute approximate surface area is 118 Å². The topological polar surface area (TPSA) is 113 Å². The highest BCUT2D eigenvalue weighted by molar-refractivity contribution is 7.88. The van der Waals surface area contributed by atoms with E-state index in [-0.39, 0.29) is 31.6 Å². The summed E-state index contributed by atoms with van der Waals surface area (Å²) in [5.74, 6) is -1.39. The molecule has 0 bridgehead atoms. The molecule has 2 N–H and O–H groups in total. The van der Waals surface area contributed by atoms with Gasteiger partial charge in [0.15, 0.2) is 0 Å². The number of hydrogen-bond acceptors (Lipinski definition) is 5. The van der Waals surface area contributed by atoms with E-state index in [9.17, 15) is 18.0 Å². The second-order valence-electron chi connectivity index (χ2n) is 4.67. The van der Waals surface area contributed by atoms with Crippen LogP contribution in [0.2, 0.25) is 0 Å². The number of nitrogens with zero attached hydrogens (tertiary/aromatic N) is 1. The summed E-state index contributed by atoms with van der Waals surface area (Å²) in [5.41, 5.74) is 0. The molecule has 1 heterocycles. The molecule has 1 aliphatic rings. The molecule has 0 aromatic rings. The maximum absolute atomic E-state index is 11.8. The SMILES string of the molecule is CS(=O)(=O)N1CCC(C(=O)NCCOCC(=O)O)CC1. The number of carbonyl (C=O) groups is 2. The summed E-state index contributed by atoms with van der Waals surface area (Å²) in [6.07, 6.45) is 2.15. The van der Waals surface area contributed by atoms with Gasteiger partial charge in [0.1, 0.15) is 6.61 Å². The predicted octanol–water partition coefficient (Wildman–Crippen LogP) is -1.12. The highest BCUT2D eigenvalue weighted by Gasteiger charge is 2.28. The average molecular weight is 308 g/mol. The van der Waals surface area contributed by atoms with E-state index in [4.69, 9.17) is 9.84 Å². The third-order valence-electron chi connectivity index (χ3n) is 3.06. The first-order chi connectivity index (χ1) is 9.30. The van der Waals surface area contributed by atoms with E-state index in [0.717, 1.165) is 6.26 Å². The minimum atomic E-state index is -3.18. The summed E-state index contributed by atoms with van der Waals surface area (Å²) in [4.78, 5) is 22.0. The van der Waals surface area contributed by atoms with Crippen molar-refractivity contribution in [3.8, 4) is 0 Å². The van der Waals surface area contributed by atoms with Gasteiger partial charge in [-0.15, -0.1) is 0 Å². The molecule has 0 unspecified atom stereocenters. The predicted molar refractivity (Wildman–Crippen MR) is 70.6 cm³/mol. The van der Waals surface area contributed by atoms with Crippen molar-refractivity contribution in [2.45, 2.75) is 12.8 Å². The summed E-state index contributed by atoms with van der Waals surface area (Å²) in [5, 5.41) is 11.0. The third-order valence-corrected chi connectivity index (χ3v) is 4.37. The van der Waals surface area contributed by atoms with E-state index in [1.165, 1.54) is 4.31 Å². The second-order valence-corrected chi connectivity index (χ2v) is 6.66. The zero-order valence-electron chi connectivity index (χ0n) is 11.4. The van der Waals surface area contributed by atoms with Crippen LogP contribution >= 0.6 is 0 Å². The number of carbonyl (C=O) groups excluding carboxylic acids is 1. The monoisotopic (exact) mass is 308 g/mol. The Balaban J connectivity index is 2.21. The minimum absolute atomic E-state index is 0.139. The van der Waals surface area contributed by atoms with Crippen LogP contribution in [0.3, 0.4) is 0 Å². The number of aliphatic carboxylic acids is 1. The fourth-order valence-corrected chi connectivity index (χ4v) is 2.87. The molecule has 0 spiro atoms. The fraction of sp³-hybridized carbons (Fsp3) is 0.818. The zero-order valence-corrected chi connectivity index (χ0v) is 12.2. The molecule has 1 rings (SSSR count). The lowest BCUT2D eigenvalue weighted by atomic mass is 9.97. The first kappa shape index (κ1) is 16.9. The molecule has 1 fully saturated rings. The lowest BCUT2D eigenvalue weighted by Gasteiger charge is -2.29. The molecule has 9 heteroatoms. The molecular formula is C11H20N2O6S. The van der Waals surface area contributed by atoms with E-state index >= 15 is 0 Å². The van der Waals surface area contributed by atoms with E-state index in [0.29, 0.717) is 25.9 Å². The smallest absolute Gasteiger partial charge is 0.329 e. The third kappa shape index (κ3) is 5.85. The van der Waals surface area contributed by atoms with E-state index < -0.39 is 16.0 Å². The van der Waals surface area contributed by atoms with E-state index in [2.05, 4.69) is 5.32 Å². The summed E-state index contributed by atoms with van der Waals surface area (Å²) in [6, 6.07) is 0. The van der Waals surface area contributed by atoms with Gasteiger partial charge in [-0.25, -0.2) is 17.5 Å². The Kier molecular flexibility index (Phi) is 6.37. The Bertz CT molecular complexity index is 442. The lowest BCUT2D eigenvalue weighted by Crippen LogP contribution is -2.43. The molecule has 8 nitrogen and oxygen atoms in total. The number of rotatable bonds is 7. The average Bonchev–Trinajstić information content (AvgIpc) is 2.37. The Morgan fingerprint density at radius 2 is 1.95 bits per heavy atom. The van der Waals surface area contributed by atoms with Crippen LogP contribution < -0.4 is 5.32 Å². The van der Waals surface area contributed by atoms with Crippen LogP contribution in [0, 0.1) is 5.92 Å². The number of carboxylic acid groups (broad SMARTS) is 1. The summed E-state index contributed by atoms with van der Waals surface area (Å²) >= 11 is 0.